The van der Waals surface area contributed by atoms with Gasteiger partial charge < -0.3 is 10.1 Å². The number of ether oxygens (including phenoxy) is 1. The van der Waals surface area contributed by atoms with Crippen LogP contribution in [0.15, 0.2) is 53.4 Å². The summed E-state index contributed by atoms with van der Waals surface area (Å²) in [7, 11) is -3.50. The van der Waals surface area contributed by atoms with Gasteiger partial charge in [-0.25, -0.2) is 8.42 Å². The molecule has 2 aromatic carbocycles. The van der Waals surface area contributed by atoms with Crippen LogP contribution in [0, 0.1) is 0 Å². The molecule has 0 unspecified atom stereocenters. The third-order valence-corrected chi connectivity index (χ3v) is 6.69. The lowest BCUT2D eigenvalue weighted by Crippen LogP contribution is -2.31. The first-order valence-corrected chi connectivity index (χ1v) is 11.1. The Morgan fingerprint density at radius 2 is 1.57 bits per heavy atom. The quantitative estimate of drug-likeness (QED) is 0.765. The fourth-order valence-electron chi connectivity index (χ4n) is 3.02. The molecule has 0 radical (unpaired) electrons. The van der Waals surface area contributed by atoms with Gasteiger partial charge in [0.15, 0.2) is 6.61 Å². The monoisotopic (exact) mass is 422 g/mol. The highest BCUT2D eigenvalue weighted by Gasteiger charge is 2.24. The van der Waals surface area contributed by atoms with E-state index in [0.29, 0.717) is 29.5 Å². The van der Waals surface area contributed by atoms with Gasteiger partial charge in [-0.1, -0.05) is 24.4 Å². The van der Waals surface area contributed by atoms with Crippen molar-refractivity contribution in [3.63, 3.8) is 0 Å². The minimum atomic E-state index is -3.50. The van der Waals surface area contributed by atoms with Gasteiger partial charge in [-0.2, -0.15) is 4.31 Å². The van der Waals surface area contributed by atoms with Gasteiger partial charge >= 0.3 is 0 Å². The van der Waals surface area contributed by atoms with Crippen LogP contribution in [0.1, 0.15) is 25.7 Å². The Labute approximate surface area is 170 Å². The SMILES string of the molecule is O=C(COc1ccc(Cl)cc1)Nc1ccc(S(=O)(=O)N2CCCCCC2)cc1. The number of carbonyl (C=O) groups is 1. The average Bonchev–Trinajstić information content (AvgIpc) is 2.98. The normalized spacial score (nSPS) is 15.6. The number of hydrogen-bond donors (Lipinski definition) is 1. The second-order valence-corrected chi connectivity index (χ2v) is 9.01. The summed E-state index contributed by atoms with van der Waals surface area (Å²) >= 11 is 5.80. The molecular formula is C20H23ClN2O4S. The maximum atomic E-state index is 12.8. The van der Waals surface area contributed by atoms with Gasteiger partial charge in [-0.05, 0) is 61.4 Å². The number of halogens is 1. The highest BCUT2D eigenvalue weighted by molar-refractivity contribution is 7.89. The zero-order valence-electron chi connectivity index (χ0n) is 15.4. The van der Waals surface area contributed by atoms with E-state index in [0.717, 1.165) is 25.7 Å². The van der Waals surface area contributed by atoms with E-state index in [9.17, 15) is 13.2 Å². The van der Waals surface area contributed by atoms with Crippen LogP contribution in [0.2, 0.25) is 5.02 Å². The molecule has 0 atom stereocenters. The average molecular weight is 423 g/mol. The van der Waals surface area contributed by atoms with Gasteiger partial charge in [-0.3, -0.25) is 4.79 Å². The number of carbonyl (C=O) groups excluding carboxylic acids is 1. The van der Waals surface area contributed by atoms with E-state index in [-0.39, 0.29) is 17.4 Å². The van der Waals surface area contributed by atoms with Gasteiger partial charge in [0, 0.05) is 23.8 Å². The van der Waals surface area contributed by atoms with Crippen molar-refractivity contribution in [3.8, 4) is 5.75 Å². The lowest BCUT2D eigenvalue weighted by atomic mass is 10.2. The molecule has 2 aromatic rings. The van der Waals surface area contributed by atoms with E-state index >= 15 is 0 Å². The second kappa shape index (κ2) is 9.41. The molecule has 150 valence electrons. The molecule has 0 aliphatic carbocycles. The molecule has 1 heterocycles. The molecule has 1 saturated heterocycles. The van der Waals surface area contributed by atoms with Crippen LogP contribution in [0.25, 0.3) is 0 Å². The number of nitrogens with zero attached hydrogens (tertiary/aromatic N) is 1. The third kappa shape index (κ3) is 5.47. The Bertz CT molecular complexity index is 891. The van der Waals surface area contributed by atoms with E-state index in [1.54, 1.807) is 40.7 Å². The summed E-state index contributed by atoms with van der Waals surface area (Å²) in [5.74, 6) is 0.205. The summed E-state index contributed by atoms with van der Waals surface area (Å²) in [6.07, 6.45) is 3.91. The first-order chi connectivity index (χ1) is 13.4. The summed E-state index contributed by atoms with van der Waals surface area (Å²) < 4.78 is 32.5. The predicted octanol–water partition coefficient (Wildman–Crippen LogP) is 3.92. The van der Waals surface area contributed by atoms with Gasteiger partial charge in [-0.15, -0.1) is 0 Å². The van der Waals surface area contributed by atoms with E-state index in [1.165, 1.54) is 12.1 Å². The molecule has 0 bridgehead atoms. The highest BCUT2D eigenvalue weighted by atomic mass is 35.5. The fraction of sp³-hybridized carbons (Fsp3) is 0.350. The Morgan fingerprint density at radius 3 is 2.18 bits per heavy atom. The molecule has 3 rings (SSSR count). The number of anilines is 1. The number of hydrogen-bond acceptors (Lipinski definition) is 4. The van der Waals surface area contributed by atoms with E-state index in [4.69, 9.17) is 16.3 Å². The minimum Gasteiger partial charge on any atom is -0.484 e. The van der Waals surface area contributed by atoms with Crippen LogP contribution in [0.4, 0.5) is 5.69 Å². The summed E-state index contributed by atoms with van der Waals surface area (Å²) in [6.45, 7) is 0.959. The van der Waals surface area contributed by atoms with Crippen LogP contribution < -0.4 is 10.1 Å². The molecule has 0 aromatic heterocycles. The van der Waals surface area contributed by atoms with Crippen molar-refractivity contribution in [3.05, 3.63) is 53.6 Å². The smallest absolute Gasteiger partial charge is 0.262 e. The third-order valence-electron chi connectivity index (χ3n) is 4.52. The van der Waals surface area contributed by atoms with Crippen molar-refractivity contribution < 1.29 is 17.9 Å². The molecule has 1 fully saturated rings. The Morgan fingerprint density at radius 1 is 0.964 bits per heavy atom. The molecule has 1 N–H and O–H groups in total. The van der Waals surface area contributed by atoms with E-state index in [2.05, 4.69) is 5.32 Å². The number of nitrogens with one attached hydrogen (secondary N) is 1. The first-order valence-electron chi connectivity index (χ1n) is 9.23. The minimum absolute atomic E-state index is 0.157. The lowest BCUT2D eigenvalue weighted by molar-refractivity contribution is -0.118. The molecule has 1 aliphatic heterocycles. The van der Waals surface area contributed by atoms with Crippen LogP contribution in [0.5, 0.6) is 5.75 Å². The fourth-order valence-corrected chi connectivity index (χ4v) is 4.66. The number of benzene rings is 2. The predicted molar refractivity (Wildman–Crippen MR) is 109 cm³/mol. The topological polar surface area (TPSA) is 75.7 Å². The highest BCUT2D eigenvalue weighted by Crippen LogP contribution is 2.22. The van der Waals surface area contributed by atoms with Crippen molar-refractivity contribution >= 4 is 33.2 Å². The molecule has 6 nitrogen and oxygen atoms in total. The standard InChI is InChI=1S/C20H23ClN2O4S/c21-16-5-9-18(10-6-16)27-15-20(24)22-17-7-11-19(12-8-17)28(25,26)23-13-3-1-2-4-14-23/h5-12H,1-4,13-15H2,(H,22,24). The summed E-state index contributed by atoms with van der Waals surface area (Å²) in [5, 5.41) is 3.28. The Hall–Kier alpha value is -2.09. The largest absolute Gasteiger partial charge is 0.484 e. The van der Waals surface area contributed by atoms with Gasteiger partial charge in [0.2, 0.25) is 10.0 Å². The molecule has 28 heavy (non-hydrogen) atoms. The molecule has 1 aliphatic rings. The molecule has 8 heteroatoms. The maximum absolute atomic E-state index is 12.8. The Kier molecular flexibility index (Phi) is 6.93. The van der Waals surface area contributed by atoms with Gasteiger partial charge in [0.1, 0.15) is 5.75 Å². The molecular weight excluding hydrogens is 400 g/mol. The zero-order chi connectivity index (χ0) is 20.0. The number of sulfonamides is 1. The van der Waals surface area contributed by atoms with Crippen molar-refractivity contribution in [2.24, 2.45) is 0 Å². The van der Waals surface area contributed by atoms with Crippen molar-refractivity contribution in [1.82, 2.24) is 4.31 Å². The van der Waals surface area contributed by atoms with Gasteiger partial charge in [0.05, 0.1) is 4.90 Å². The van der Waals surface area contributed by atoms with Gasteiger partial charge in [0.25, 0.3) is 5.91 Å². The van der Waals surface area contributed by atoms with Crippen molar-refractivity contribution in [2.75, 3.05) is 25.0 Å². The maximum Gasteiger partial charge on any atom is 0.262 e. The first kappa shape index (κ1) is 20.6. The number of amides is 1. The van der Waals surface area contributed by atoms with Crippen LogP contribution in [-0.4, -0.2) is 38.3 Å². The number of rotatable bonds is 6. The van der Waals surface area contributed by atoms with Crippen molar-refractivity contribution in [2.45, 2.75) is 30.6 Å². The molecule has 0 spiro atoms. The van der Waals surface area contributed by atoms with Crippen LogP contribution in [0.3, 0.4) is 0 Å². The van der Waals surface area contributed by atoms with Crippen LogP contribution >= 0.6 is 11.6 Å². The summed E-state index contributed by atoms with van der Waals surface area (Å²) in [5.41, 5.74) is 0.513. The van der Waals surface area contributed by atoms with E-state index < -0.39 is 10.0 Å². The second-order valence-electron chi connectivity index (χ2n) is 6.63. The van der Waals surface area contributed by atoms with Crippen LogP contribution in [-0.2, 0) is 14.8 Å². The zero-order valence-corrected chi connectivity index (χ0v) is 17.0. The molecule has 0 saturated carbocycles. The Balaban J connectivity index is 1.57. The molecule has 1 amide bonds. The van der Waals surface area contributed by atoms with E-state index in [1.807, 2.05) is 0 Å². The lowest BCUT2D eigenvalue weighted by Gasteiger charge is -2.20. The van der Waals surface area contributed by atoms with Crippen molar-refractivity contribution in [1.29, 1.82) is 0 Å². The summed E-state index contributed by atoms with van der Waals surface area (Å²) in [6, 6.07) is 12.9. The summed E-state index contributed by atoms with van der Waals surface area (Å²) in [4.78, 5) is 12.3.